The Morgan fingerprint density at radius 3 is 2.63 bits per heavy atom. The molecule has 144 valence electrons. The van der Waals surface area contributed by atoms with Crippen LogP contribution in [0.2, 0.25) is 0 Å². The van der Waals surface area contributed by atoms with Gasteiger partial charge in [-0.25, -0.2) is 5.43 Å². The minimum absolute atomic E-state index is 0.100. The van der Waals surface area contributed by atoms with Gasteiger partial charge < -0.3 is 19.2 Å². The number of carbonyl (C=O) groups excluding carboxylic acids is 2. The van der Waals surface area contributed by atoms with E-state index in [4.69, 9.17) is 13.9 Å². The Hall–Kier alpha value is -3.29. The average molecular weight is 373 g/mol. The van der Waals surface area contributed by atoms with Gasteiger partial charge in [-0.15, -0.1) is 0 Å². The molecule has 2 aromatic rings. The first-order chi connectivity index (χ1) is 12.9. The van der Waals surface area contributed by atoms with Gasteiger partial charge in [-0.2, -0.15) is 5.10 Å². The SMILES string of the molecule is CCNC(=O)COc1ccc(/C=N/NC(=O)c2cc(C)oc2C)cc1OC. The van der Waals surface area contributed by atoms with Crippen molar-refractivity contribution < 1.29 is 23.5 Å². The number of amides is 2. The van der Waals surface area contributed by atoms with Crippen molar-refractivity contribution in [3.8, 4) is 11.5 Å². The first kappa shape index (κ1) is 20.0. The Morgan fingerprint density at radius 2 is 2.00 bits per heavy atom. The molecule has 1 aromatic carbocycles. The second kappa shape index (κ2) is 9.42. The molecule has 0 aliphatic rings. The van der Waals surface area contributed by atoms with Gasteiger partial charge >= 0.3 is 0 Å². The number of hydrogen-bond donors (Lipinski definition) is 2. The van der Waals surface area contributed by atoms with Crippen LogP contribution >= 0.6 is 0 Å². The van der Waals surface area contributed by atoms with Crippen molar-refractivity contribution in [2.75, 3.05) is 20.3 Å². The summed E-state index contributed by atoms with van der Waals surface area (Å²) in [5, 5.41) is 6.59. The summed E-state index contributed by atoms with van der Waals surface area (Å²) < 4.78 is 16.1. The molecule has 0 saturated carbocycles. The Balaban J connectivity index is 2.00. The van der Waals surface area contributed by atoms with Crippen LogP contribution in [0, 0.1) is 13.8 Å². The fourth-order valence-corrected chi connectivity index (χ4v) is 2.36. The first-order valence-corrected chi connectivity index (χ1v) is 8.42. The van der Waals surface area contributed by atoms with E-state index in [0.29, 0.717) is 40.7 Å². The summed E-state index contributed by atoms with van der Waals surface area (Å²) in [5.41, 5.74) is 3.59. The van der Waals surface area contributed by atoms with Crippen molar-refractivity contribution in [1.29, 1.82) is 0 Å². The average Bonchev–Trinajstić information content (AvgIpc) is 2.98. The van der Waals surface area contributed by atoms with Crippen LogP contribution in [0.25, 0.3) is 0 Å². The number of hydrogen-bond acceptors (Lipinski definition) is 6. The van der Waals surface area contributed by atoms with E-state index in [2.05, 4.69) is 15.8 Å². The highest BCUT2D eigenvalue weighted by Crippen LogP contribution is 2.27. The summed E-state index contributed by atoms with van der Waals surface area (Å²) in [6, 6.07) is 6.75. The van der Waals surface area contributed by atoms with Gasteiger partial charge in [-0.3, -0.25) is 9.59 Å². The molecule has 0 spiro atoms. The largest absolute Gasteiger partial charge is 0.493 e. The molecular weight excluding hydrogens is 350 g/mol. The van der Waals surface area contributed by atoms with Crippen molar-refractivity contribution in [3.63, 3.8) is 0 Å². The fraction of sp³-hybridized carbons (Fsp3) is 0.316. The van der Waals surface area contributed by atoms with E-state index in [0.717, 1.165) is 0 Å². The number of nitrogens with zero attached hydrogens (tertiary/aromatic N) is 1. The van der Waals surface area contributed by atoms with Crippen LogP contribution in [0.4, 0.5) is 0 Å². The molecule has 0 aliphatic carbocycles. The Bertz CT molecular complexity index is 842. The van der Waals surface area contributed by atoms with E-state index in [1.54, 1.807) is 38.1 Å². The number of carbonyl (C=O) groups is 2. The van der Waals surface area contributed by atoms with Crippen LogP contribution in [0.1, 0.15) is 34.4 Å². The van der Waals surface area contributed by atoms with Crippen molar-refractivity contribution in [1.82, 2.24) is 10.7 Å². The number of hydrazone groups is 1. The molecule has 0 unspecified atom stereocenters. The Morgan fingerprint density at radius 1 is 1.22 bits per heavy atom. The van der Waals surface area contributed by atoms with Gasteiger partial charge in [0.2, 0.25) is 0 Å². The normalized spacial score (nSPS) is 10.7. The minimum atomic E-state index is -0.352. The quantitative estimate of drug-likeness (QED) is 0.545. The molecule has 2 N–H and O–H groups in total. The summed E-state index contributed by atoms with van der Waals surface area (Å²) in [5.74, 6) is 1.53. The highest BCUT2D eigenvalue weighted by Gasteiger charge is 2.12. The summed E-state index contributed by atoms with van der Waals surface area (Å²) in [4.78, 5) is 23.6. The van der Waals surface area contributed by atoms with E-state index in [1.165, 1.54) is 13.3 Å². The molecular formula is C19H23N3O5. The molecule has 0 bridgehead atoms. The van der Waals surface area contributed by atoms with E-state index in [1.807, 2.05) is 6.92 Å². The zero-order valence-electron chi connectivity index (χ0n) is 15.8. The number of furan rings is 1. The summed E-state index contributed by atoms with van der Waals surface area (Å²) in [6.07, 6.45) is 1.48. The number of aryl methyl sites for hydroxylation is 2. The monoisotopic (exact) mass is 373 g/mol. The molecule has 8 nitrogen and oxygen atoms in total. The molecule has 0 fully saturated rings. The van der Waals surface area contributed by atoms with Crippen molar-refractivity contribution >= 4 is 18.0 Å². The second-order valence-corrected chi connectivity index (χ2v) is 5.68. The number of likely N-dealkylation sites (N-methyl/N-ethyl adjacent to an activating group) is 1. The minimum Gasteiger partial charge on any atom is -0.493 e. The van der Waals surface area contributed by atoms with Crippen molar-refractivity contribution in [2.45, 2.75) is 20.8 Å². The highest BCUT2D eigenvalue weighted by molar-refractivity contribution is 5.95. The van der Waals surface area contributed by atoms with E-state index in [-0.39, 0.29) is 18.4 Å². The van der Waals surface area contributed by atoms with Crippen LogP contribution in [0.3, 0.4) is 0 Å². The Kier molecular flexibility index (Phi) is 6.99. The second-order valence-electron chi connectivity index (χ2n) is 5.68. The molecule has 1 heterocycles. The van der Waals surface area contributed by atoms with Gasteiger partial charge in [0.05, 0.1) is 18.9 Å². The smallest absolute Gasteiger partial charge is 0.274 e. The fourth-order valence-electron chi connectivity index (χ4n) is 2.36. The van der Waals surface area contributed by atoms with Crippen LogP contribution in [0.5, 0.6) is 11.5 Å². The number of rotatable bonds is 8. The number of methoxy groups -OCH3 is 1. The predicted molar refractivity (Wildman–Crippen MR) is 100 cm³/mol. The van der Waals surface area contributed by atoms with E-state index in [9.17, 15) is 9.59 Å². The van der Waals surface area contributed by atoms with Gasteiger partial charge in [-0.1, -0.05) is 0 Å². The maximum atomic E-state index is 12.1. The predicted octanol–water partition coefficient (Wildman–Crippen LogP) is 2.18. The lowest BCUT2D eigenvalue weighted by Gasteiger charge is -2.11. The van der Waals surface area contributed by atoms with Crippen LogP contribution in [0.15, 0.2) is 33.8 Å². The Labute approximate surface area is 157 Å². The summed E-state index contributed by atoms with van der Waals surface area (Å²) in [7, 11) is 1.50. The molecule has 0 saturated heterocycles. The molecule has 0 aliphatic heterocycles. The third-order valence-corrected chi connectivity index (χ3v) is 3.59. The van der Waals surface area contributed by atoms with Gasteiger partial charge in [0.15, 0.2) is 18.1 Å². The molecule has 27 heavy (non-hydrogen) atoms. The van der Waals surface area contributed by atoms with Gasteiger partial charge in [0, 0.05) is 6.54 Å². The maximum Gasteiger partial charge on any atom is 0.274 e. The number of benzene rings is 1. The van der Waals surface area contributed by atoms with Crippen LogP contribution in [-0.4, -0.2) is 38.3 Å². The standard InChI is InChI=1S/C19H23N3O5/c1-5-20-18(23)11-26-16-7-6-14(9-17(16)25-4)10-21-22-19(24)15-8-12(2)27-13(15)3/h6-10H,5,11H2,1-4H3,(H,20,23)(H,22,24)/b21-10+. The third kappa shape index (κ3) is 5.60. The zero-order valence-corrected chi connectivity index (χ0v) is 15.8. The van der Waals surface area contributed by atoms with E-state index >= 15 is 0 Å². The lowest BCUT2D eigenvalue weighted by Crippen LogP contribution is -2.28. The number of ether oxygens (including phenoxy) is 2. The molecule has 2 amide bonds. The maximum absolute atomic E-state index is 12.1. The molecule has 8 heteroatoms. The van der Waals surface area contributed by atoms with Crippen LogP contribution < -0.4 is 20.2 Å². The lowest BCUT2D eigenvalue weighted by molar-refractivity contribution is -0.123. The van der Waals surface area contributed by atoms with Gasteiger partial charge in [-0.05, 0) is 50.6 Å². The molecule has 0 atom stereocenters. The van der Waals surface area contributed by atoms with Crippen molar-refractivity contribution in [2.24, 2.45) is 5.10 Å². The van der Waals surface area contributed by atoms with Crippen molar-refractivity contribution in [3.05, 3.63) is 46.9 Å². The lowest BCUT2D eigenvalue weighted by atomic mass is 10.2. The van der Waals surface area contributed by atoms with E-state index < -0.39 is 0 Å². The van der Waals surface area contributed by atoms with Gasteiger partial charge in [0.25, 0.3) is 11.8 Å². The first-order valence-electron chi connectivity index (χ1n) is 8.42. The zero-order chi connectivity index (χ0) is 19.8. The van der Waals surface area contributed by atoms with Crippen LogP contribution in [-0.2, 0) is 4.79 Å². The summed E-state index contributed by atoms with van der Waals surface area (Å²) >= 11 is 0. The molecule has 1 aromatic heterocycles. The summed E-state index contributed by atoms with van der Waals surface area (Å²) in [6.45, 7) is 5.76. The molecule has 2 rings (SSSR count). The third-order valence-electron chi connectivity index (χ3n) is 3.59. The highest BCUT2D eigenvalue weighted by atomic mass is 16.5. The number of nitrogens with one attached hydrogen (secondary N) is 2. The topological polar surface area (TPSA) is 102 Å². The molecule has 0 radical (unpaired) electrons. The van der Waals surface area contributed by atoms with Gasteiger partial charge in [0.1, 0.15) is 11.5 Å².